The summed E-state index contributed by atoms with van der Waals surface area (Å²) in [6, 6.07) is 8.86. The number of ether oxygens (including phenoxy) is 3. The number of carbonyl (C=O) groups is 2. The zero-order valence-corrected chi connectivity index (χ0v) is 17.7. The highest BCUT2D eigenvalue weighted by Crippen LogP contribution is 2.30. The molecule has 0 aliphatic carbocycles. The number of esters is 2. The average Bonchev–Trinajstić information content (AvgIpc) is 2.71. The number of nitrogens with zero attached hydrogens (tertiary/aromatic N) is 1. The van der Waals surface area contributed by atoms with Gasteiger partial charge in [-0.05, 0) is 55.3 Å². The van der Waals surface area contributed by atoms with Gasteiger partial charge in [-0.2, -0.15) is 0 Å². The molecule has 0 unspecified atom stereocenters. The lowest BCUT2D eigenvalue weighted by Crippen LogP contribution is -2.37. The molecule has 0 fully saturated rings. The van der Waals surface area contributed by atoms with Gasteiger partial charge in [-0.25, -0.2) is 13.2 Å². The van der Waals surface area contributed by atoms with E-state index in [1.54, 1.807) is 19.9 Å². The van der Waals surface area contributed by atoms with Gasteiger partial charge in [0, 0.05) is 0 Å². The first-order chi connectivity index (χ1) is 13.6. The molecule has 156 valence electrons. The summed E-state index contributed by atoms with van der Waals surface area (Å²) in [5.41, 5.74) is 1.50. The Bertz CT molecular complexity index is 1030. The van der Waals surface area contributed by atoms with Crippen molar-refractivity contribution < 1.29 is 32.2 Å². The topological polar surface area (TPSA) is 99.2 Å². The quantitative estimate of drug-likeness (QED) is 0.633. The third-order valence-corrected chi connectivity index (χ3v) is 6.11. The van der Waals surface area contributed by atoms with Crippen LogP contribution in [0.15, 0.2) is 41.3 Å². The summed E-state index contributed by atoms with van der Waals surface area (Å²) < 4.78 is 42.3. The molecule has 0 N–H and O–H groups in total. The lowest BCUT2D eigenvalue weighted by Gasteiger charge is -2.25. The van der Waals surface area contributed by atoms with Gasteiger partial charge in [0.05, 0.1) is 37.5 Å². The van der Waals surface area contributed by atoms with Crippen LogP contribution in [0.5, 0.6) is 5.75 Å². The van der Waals surface area contributed by atoms with E-state index in [1.165, 1.54) is 51.7 Å². The van der Waals surface area contributed by atoms with E-state index in [4.69, 9.17) is 9.47 Å². The second-order valence-corrected chi connectivity index (χ2v) is 8.07. The molecule has 0 amide bonds. The summed E-state index contributed by atoms with van der Waals surface area (Å²) in [5.74, 6) is -0.837. The molecule has 0 aliphatic rings. The Morgan fingerprint density at radius 3 is 2.17 bits per heavy atom. The van der Waals surface area contributed by atoms with Crippen molar-refractivity contribution >= 4 is 27.6 Å². The van der Waals surface area contributed by atoms with E-state index in [-0.39, 0.29) is 16.1 Å². The normalized spacial score (nSPS) is 10.9. The molecule has 0 saturated heterocycles. The van der Waals surface area contributed by atoms with Crippen molar-refractivity contribution in [2.24, 2.45) is 0 Å². The monoisotopic (exact) mass is 421 g/mol. The van der Waals surface area contributed by atoms with Gasteiger partial charge in [0.15, 0.2) is 0 Å². The first kappa shape index (κ1) is 22.2. The minimum Gasteiger partial charge on any atom is -0.496 e. The predicted molar refractivity (Wildman–Crippen MR) is 107 cm³/mol. The molecule has 0 bridgehead atoms. The molecular weight excluding hydrogens is 398 g/mol. The summed E-state index contributed by atoms with van der Waals surface area (Å²) in [5, 5.41) is 0. The Labute approximate surface area is 170 Å². The molecule has 2 aromatic rings. The molecule has 0 heterocycles. The standard InChI is InChI=1S/C20H23NO7S/c1-13-6-7-15(20(23)28-5)11-17(13)21(12-19(22)27-4)29(24,25)16-8-9-18(26-3)14(2)10-16/h6-11H,12H2,1-5H3. The van der Waals surface area contributed by atoms with E-state index in [0.29, 0.717) is 16.9 Å². The zero-order chi connectivity index (χ0) is 21.8. The van der Waals surface area contributed by atoms with Crippen LogP contribution in [0.1, 0.15) is 21.5 Å². The van der Waals surface area contributed by atoms with Crippen LogP contribution in [0.4, 0.5) is 5.69 Å². The van der Waals surface area contributed by atoms with Crippen molar-refractivity contribution in [1.82, 2.24) is 0 Å². The van der Waals surface area contributed by atoms with Gasteiger partial charge in [-0.15, -0.1) is 0 Å². The lowest BCUT2D eigenvalue weighted by atomic mass is 10.1. The molecule has 0 aliphatic heterocycles. The van der Waals surface area contributed by atoms with E-state index in [0.717, 1.165) is 4.31 Å². The van der Waals surface area contributed by atoms with Crippen molar-refractivity contribution in [1.29, 1.82) is 0 Å². The van der Waals surface area contributed by atoms with E-state index < -0.39 is 28.5 Å². The van der Waals surface area contributed by atoms with E-state index in [9.17, 15) is 18.0 Å². The summed E-state index contributed by atoms with van der Waals surface area (Å²) in [4.78, 5) is 23.9. The fourth-order valence-electron chi connectivity index (χ4n) is 2.74. The maximum absolute atomic E-state index is 13.4. The minimum absolute atomic E-state index is 0.0254. The summed E-state index contributed by atoms with van der Waals surface area (Å²) in [6.45, 7) is 2.83. The Morgan fingerprint density at radius 2 is 1.62 bits per heavy atom. The van der Waals surface area contributed by atoms with Crippen molar-refractivity contribution in [2.45, 2.75) is 18.7 Å². The number of hydrogen-bond donors (Lipinski definition) is 0. The molecule has 8 nitrogen and oxygen atoms in total. The first-order valence-electron chi connectivity index (χ1n) is 8.58. The first-order valence-corrected chi connectivity index (χ1v) is 10.0. The van der Waals surface area contributed by atoms with E-state index >= 15 is 0 Å². The third kappa shape index (κ3) is 4.68. The Hall–Kier alpha value is -3.07. The number of methoxy groups -OCH3 is 3. The van der Waals surface area contributed by atoms with Crippen molar-refractivity contribution in [2.75, 3.05) is 32.2 Å². The molecule has 9 heteroatoms. The number of aryl methyl sites for hydroxylation is 2. The highest BCUT2D eigenvalue weighted by Gasteiger charge is 2.30. The fourth-order valence-corrected chi connectivity index (χ4v) is 4.29. The van der Waals surface area contributed by atoms with Crippen LogP contribution < -0.4 is 9.04 Å². The van der Waals surface area contributed by atoms with Crippen molar-refractivity contribution in [3.8, 4) is 5.75 Å². The molecule has 2 rings (SSSR count). The summed E-state index contributed by atoms with van der Waals surface area (Å²) in [7, 11) is -0.270. The van der Waals surface area contributed by atoms with Crippen LogP contribution in [0.3, 0.4) is 0 Å². The SMILES string of the molecule is COC(=O)CN(c1cc(C(=O)OC)ccc1C)S(=O)(=O)c1ccc(OC)c(C)c1. The fraction of sp³-hybridized carbons (Fsp3) is 0.300. The molecule has 2 aromatic carbocycles. The number of sulfonamides is 1. The smallest absolute Gasteiger partial charge is 0.337 e. The van der Waals surface area contributed by atoms with Crippen LogP contribution >= 0.6 is 0 Å². The van der Waals surface area contributed by atoms with E-state index in [2.05, 4.69) is 4.74 Å². The maximum Gasteiger partial charge on any atom is 0.337 e. The van der Waals surface area contributed by atoms with Gasteiger partial charge in [0.2, 0.25) is 0 Å². The molecule has 0 saturated carbocycles. The van der Waals surface area contributed by atoms with Gasteiger partial charge >= 0.3 is 11.9 Å². The number of rotatable bonds is 7. The molecule has 0 radical (unpaired) electrons. The van der Waals surface area contributed by atoms with Gasteiger partial charge in [-0.1, -0.05) is 6.07 Å². The Morgan fingerprint density at radius 1 is 0.931 bits per heavy atom. The highest BCUT2D eigenvalue weighted by atomic mass is 32.2. The number of carbonyl (C=O) groups excluding carboxylic acids is 2. The second-order valence-electron chi connectivity index (χ2n) is 6.21. The van der Waals surface area contributed by atoms with Crippen LogP contribution in [-0.4, -0.2) is 48.2 Å². The third-order valence-electron chi connectivity index (χ3n) is 4.35. The van der Waals surface area contributed by atoms with Crippen LogP contribution in [-0.2, 0) is 24.3 Å². The van der Waals surface area contributed by atoms with Gasteiger partial charge < -0.3 is 14.2 Å². The summed E-state index contributed by atoms with van der Waals surface area (Å²) in [6.07, 6.45) is 0. The average molecular weight is 421 g/mol. The lowest BCUT2D eigenvalue weighted by molar-refractivity contribution is -0.138. The van der Waals surface area contributed by atoms with Crippen molar-refractivity contribution in [3.63, 3.8) is 0 Å². The molecular formula is C20H23NO7S. The Balaban J connectivity index is 2.66. The van der Waals surface area contributed by atoms with Crippen LogP contribution in [0.2, 0.25) is 0 Å². The van der Waals surface area contributed by atoms with Crippen molar-refractivity contribution in [3.05, 3.63) is 53.1 Å². The number of anilines is 1. The highest BCUT2D eigenvalue weighted by molar-refractivity contribution is 7.92. The molecule has 0 aromatic heterocycles. The van der Waals surface area contributed by atoms with Crippen LogP contribution in [0.25, 0.3) is 0 Å². The summed E-state index contributed by atoms with van der Waals surface area (Å²) >= 11 is 0. The minimum atomic E-state index is -4.15. The number of hydrogen-bond acceptors (Lipinski definition) is 7. The van der Waals surface area contributed by atoms with Gasteiger partial charge in [0.25, 0.3) is 10.0 Å². The predicted octanol–water partition coefficient (Wildman–Crippen LogP) is 2.47. The Kier molecular flexibility index (Phi) is 6.86. The maximum atomic E-state index is 13.4. The molecule has 0 spiro atoms. The van der Waals surface area contributed by atoms with Gasteiger partial charge in [0.1, 0.15) is 12.3 Å². The van der Waals surface area contributed by atoms with Crippen LogP contribution in [0, 0.1) is 13.8 Å². The molecule has 29 heavy (non-hydrogen) atoms. The largest absolute Gasteiger partial charge is 0.496 e. The second kappa shape index (κ2) is 8.95. The number of benzene rings is 2. The van der Waals surface area contributed by atoms with Gasteiger partial charge in [-0.3, -0.25) is 9.10 Å². The van der Waals surface area contributed by atoms with E-state index in [1.807, 2.05) is 0 Å². The molecule has 0 atom stereocenters. The zero-order valence-electron chi connectivity index (χ0n) is 16.9.